The van der Waals surface area contributed by atoms with Crippen molar-refractivity contribution in [2.45, 2.75) is 88.6 Å². The molecule has 30 heavy (non-hydrogen) atoms. The van der Waals surface area contributed by atoms with E-state index in [1.165, 1.54) is 25.7 Å². The molecule has 0 aliphatic rings. The predicted molar refractivity (Wildman–Crippen MR) is 141 cm³/mol. The standard InChI is InChI=1S/C26H46O2Si2/c1-7-13-15-17-19-25-29(21-9-3,22-10-4)27-28-30(23-11-5,24-12-6)26-20-18-16-14-8-2/h9-12,17-20H,3-8,13-16,21-26H2,1-2H3. The summed E-state index contributed by atoms with van der Waals surface area (Å²) in [6.07, 6.45) is 24.2. The average Bonchev–Trinajstić information content (AvgIpc) is 2.73. The summed E-state index contributed by atoms with van der Waals surface area (Å²) in [5.74, 6) is 0. The van der Waals surface area contributed by atoms with E-state index in [0.29, 0.717) is 0 Å². The molecular formula is C26H46O2Si2. The maximum atomic E-state index is 6.44. The third-order valence-electron chi connectivity index (χ3n) is 5.22. The predicted octanol–water partition coefficient (Wildman–Crippen LogP) is 9.06. The Morgan fingerprint density at radius 2 is 0.867 bits per heavy atom. The lowest BCUT2D eigenvalue weighted by atomic mass is 10.2. The Morgan fingerprint density at radius 3 is 1.13 bits per heavy atom. The summed E-state index contributed by atoms with van der Waals surface area (Å²) in [7, 11) is -4.37. The van der Waals surface area contributed by atoms with Crippen LogP contribution in [0.3, 0.4) is 0 Å². The largest absolute Gasteiger partial charge is 0.296 e. The molecule has 0 aromatic carbocycles. The molecule has 0 radical (unpaired) electrons. The number of allylic oxidation sites excluding steroid dienone is 8. The van der Waals surface area contributed by atoms with E-state index in [-0.39, 0.29) is 0 Å². The third-order valence-corrected chi connectivity index (χ3v) is 12.4. The van der Waals surface area contributed by atoms with Gasteiger partial charge in [-0.05, 0) is 49.1 Å². The second-order valence-corrected chi connectivity index (χ2v) is 15.7. The van der Waals surface area contributed by atoms with Gasteiger partial charge in [0, 0.05) is 0 Å². The van der Waals surface area contributed by atoms with E-state index >= 15 is 0 Å². The first kappa shape index (κ1) is 28.8. The molecule has 0 saturated heterocycles. The molecule has 0 bridgehead atoms. The van der Waals surface area contributed by atoms with Crippen LogP contribution in [0.15, 0.2) is 74.9 Å². The Kier molecular flexibility index (Phi) is 17.8. The average molecular weight is 447 g/mol. The molecule has 0 aliphatic heterocycles. The molecule has 0 aliphatic carbocycles. The second kappa shape index (κ2) is 18.6. The van der Waals surface area contributed by atoms with Crippen molar-refractivity contribution >= 4 is 16.6 Å². The van der Waals surface area contributed by atoms with Crippen LogP contribution in [-0.4, -0.2) is 16.6 Å². The Hall–Kier alpha value is -1.21. The van der Waals surface area contributed by atoms with Gasteiger partial charge in [0.05, 0.1) is 0 Å². The Morgan fingerprint density at radius 1 is 0.533 bits per heavy atom. The minimum atomic E-state index is -2.19. The van der Waals surface area contributed by atoms with Crippen molar-refractivity contribution in [2.75, 3.05) is 0 Å². The lowest BCUT2D eigenvalue weighted by Crippen LogP contribution is -2.44. The summed E-state index contributed by atoms with van der Waals surface area (Å²) in [5.41, 5.74) is 0. The van der Waals surface area contributed by atoms with Gasteiger partial charge in [0.15, 0.2) is 0 Å². The van der Waals surface area contributed by atoms with Gasteiger partial charge in [0.25, 0.3) is 0 Å². The topological polar surface area (TPSA) is 18.5 Å². The summed E-state index contributed by atoms with van der Waals surface area (Å²) in [6, 6.07) is 5.28. The second-order valence-electron chi connectivity index (χ2n) is 8.14. The summed E-state index contributed by atoms with van der Waals surface area (Å²) in [5, 5.41) is 0. The summed E-state index contributed by atoms with van der Waals surface area (Å²) >= 11 is 0. The van der Waals surface area contributed by atoms with E-state index in [1.54, 1.807) is 0 Å². The number of hydrogen-bond acceptors (Lipinski definition) is 2. The van der Waals surface area contributed by atoms with Gasteiger partial charge in [0.1, 0.15) is 0 Å². The molecule has 0 rings (SSSR count). The zero-order valence-electron chi connectivity index (χ0n) is 19.7. The fraction of sp³-hybridized carbons (Fsp3) is 0.538. The Bertz CT molecular complexity index is 469. The molecular weight excluding hydrogens is 400 g/mol. The highest BCUT2D eigenvalue weighted by Crippen LogP contribution is 2.31. The van der Waals surface area contributed by atoms with Gasteiger partial charge in [-0.3, -0.25) is 9.15 Å². The van der Waals surface area contributed by atoms with Gasteiger partial charge in [-0.15, -0.1) is 26.3 Å². The van der Waals surface area contributed by atoms with Crippen LogP contribution in [0, 0.1) is 0 Å². The van der Waals surface area contributed by atoms with Crippen molar-refractivity contribution in [3.8, 4) is 0 Å². The monoisotopic (exact) mass is 446 g/mol. The van der Waals surface area contributed by atoms with Gasteiger partial charge in [-0.2, -0.15) is 0 Å². The van der Waals surface area contributed by atoms with Gasteiger partial charge in [-0.25, -0.2) is 0 Å². The normalized spacial score (nSPS) is 12.5. The molecule has 0 fully saturated rings. The SMILES string of the molecule is C=CC[Si](CC=C)(CC=CCCCC)OO[Si](CC=C)(CC=C)CC=CCCCC. The molecule has 0 saturated carbocycles. The highest BCUT2D eigenvalue weighted by Gasteiger charge is 2.39. The number of unbranched alkanes of at least 4 members (excludes halogenated alkanes) is 4. The highest BCUT2D eigenvalue weighted by atomic mass is 28.4. The maximum absolute atomic E-state index is 6.44. The van der Waals surface area contributed by atoms with Crippen molar-refractivity contribution in [3.05, 3.63) is 74.9 Å². The minimum absolute atomic E-state index is 0.857. The van der Waals surface area contributed by atoms with Crippen molar-refractivity contribution in [2.24, 2.45) is 0 Å². The number of hydrogen-bond donors (Lipinski definition) is 0. The minimum Gasteiger partial charge on any atom is -0.296 e. The van der Waals surface area contributed by atoms with Gasteiger partial charge in [-0.1, -0.05) is 88.1 Å². The molecule has 0 aromatic heterocycles. The van der Waals surface area contributed by atoms with E-state index in [2.05, 4.69) is 64.5 Å². The zero-order chi connectivity index (χ0) is 22.6. The fourth-order valence-corrected chi connectivity index (χ4v) is 9.53. The van der Waals surface area contributed by atoms with Crippen LogP contribution in [0.1, 0.15) is 52.4 Å². The molecule has 0 amide bonds. The summed E-state index contributed by atoms with van der Waals surface area (Å²) in [4.78, 5) is 0. The molecule has 0 unspecified atom stereocenters. The van der Waals surface area contributed by atoms with Gasteiger partial charge in [0.2, 0.25) is 16.6 Å². The molecule has 4 heteroatoms. The molecule has 0 spiro atoms. The maximum Gasteiger partial charge on any atom is 0.248 e. The van der Waals surface area contributed by atoms with Crippen LogP contribution in [0.2, 0.25) is 36.3 Å². The Balaban J connectivity index is 5.42. The van der Waals surface area contributed by atoms with Crippen molar-refractivity contribution in [3.63, 3.8) is 0 Å². The van der Waals surface area contributed by atoms with Crippen LogP contribution in [0.4, 0.5) is 0 Å². The quantitative estimate of drug-likeness (QED) is 0.0575. The molecule has 170 valence electrons. The van der Waals surface area contributed by atoms with E-state index in [9.17, 15) is 0 Å². The van der Waals surface area contributed by atoms with Crippen LogP contribution in [0.5, 0.6) is 0 Å². The third kappa shape index (κ3) is 12.5. The smallest absolute Gasteiger partial charge is 0.248 e. The van der Waals surface area contributed by atoms with E-state index in [0.717, 1.165) is 49.1 Å². The van der Waals surface area contributed by atoms with Crippen LogP contribution < -0.4 is 0 Å². The van der Waals surface area contributed by atoms with Crippen LogP contribution >= 0.6 is 0 Å². The summed E-state index contributed by atoms with van der Waals surface area (Å²) in [6.45, 7) is 20.4. The molecule has 2 nitrogen and oxygen atoms in total. The van der Waals surface area contributed by atoms with Crippen LogP contribution in [0.25, 0.3) is 0 Å². The van der Waals surface area contributed by atoms with Crippen molar-refractivity contribution in [1.29, 1.82) is 0 Å². The molecule has 0 aromatic rings. The van der Waals surface area contributed by atoms with Crippen molar-refractivity contribution < 1.29 is 9.15 Å². The fourth-order valence-electron chi connectivity index (χ4n) is 3.41. The van der Waals surface area contributed by atoms with Gasteiger partial charge >= 0.3 is 0 Å². The van der Waals surface area contributed by atoms with Crippen molar-refractivity contribution in [1.82, 2.24) is 0 Å². The van der Waals surface area contributed by atoms with Gasteiger partial charge < -0.3 is 0 Å². The van der Waals surface area contributed by atoms with E-state index in [4.69, 9.17) is 9.15 Å². The first-order valence-electron chi connectivity index (χ1n) is 11.7. The molecule has 0 heterocycles. The van der Waals surface area contributed by atoms with Crippen LogP contribution in [-0.2, 0) is 9.15 Å². The highest BCUT2D eigenvalue weighted by molar-refractivity contribution is 6.77. The zero-order valence-corrected chi connectivity index (χ0v) is 21.7. The van der Waals surface area contributed by atoms with E-state index in [1.807, 2.05) is 24.3 Å². The lowest BCUT2D eigenvalue weighted by Gasteiger charge is -2.34. The first-order valence-corrected chi connectivity index (χ1v) is 16.7. The van der Waals surface area contributed by atoms with E-state index < -0.39 is 16.6 Å². The molecule has 0 atom stereocenters. The summed E-state index contributed by atoms with van der Waals surface area (Å²) < 4.78 is 12.9. The lowest BCUT2D eigenvalue weighted by molar-refractivity contribution is -0.127. The Labute approximate surface area is 189 Å². The molecule has 0 N–H and O–H groups in total. The number of rotatable bonds is 21. The first-order chi connectivity index (χ1) is 14.6.